The van der Waals surface area contributed by atoms with E-state index in [0.717, 1.165) is 24.3 Å². The van der Waals surface area contributed by atoms with Gasteiger partial charge in [0, 0.05) is 18.7 Å². The molecular weight excluding hydrogens is 246 g/mol. The molecule has 0 radical (unpaired) electrons. The second kappa shape index (κ2) is 4.53. The molecule has 1 atom stereocenters. The van der Waals surface area contributed by atoms with E-state index in [1.807, 2.05) is 13.0 Å². The zero-order valence-electron chi connectivity index (χ0n) is 10.9. The van der Waals surface area contributed by atoms with E-state index in [1.54, 1.807) is 17.9 Å². The van der Waals surface area contributed by atoms with Gasteiger partial charge in [-0.1, -0.05) is 10.3 Å². The maximum absolute atomic E-state index is 12.4. The van der Waals surface area contributed by atoms with Crippen molar-refractivity contribution in [1.82, 2.24) is 15.2 Å². The average molecular weight is 261 g/mol. The normalized spacial score (nSPS) is 19.1. The fourth-order valence-electron chi connectivity index (χ4n) is 2.47. The van der Waals surface area contributed by atoms with Crippen molar-refractivity contribution in [3.05, 3.63) is 35.0 Å². The number of hydrogen-bond donors (Lipinski definition) is 0. The number of aryl methyl sites for hydroxylation is 2. The van der Waals surface area contributed by atoms with Crippen LogP contribution in [0.5, 0.6) is 0 Å². The summed E-state index contributed by atoms with van der Waals surface area (Å²) in [6, 6.07) is 3.50. The summed E-state index contributed by atoms with van der Waals surface area (Å²) < 4.78 is 10.1. The summed E-state index contributed by atoms with van der Waals surface area (Å²) in [5.41, 5.74) is 1.51. The zero-order valence-corrected chi connectivity index (χ0v) is 10.9. The van der Waals surface area contributed by atoms with Gasteiger partial charge in [-0.05, 0) is 26.7 Å². The van der Waals surface area contributed by atoms with Crippen LogP contribution in [0.2, 0.25) is 0 Å². The number of hydrogen-bond acceptors (Lipinski definition) is 5. The molecule has 6 heteroatoms. The van der Waals surface area contributed by atoms with Crippen LogP contribution in [0.4, 0.5) is 0 Å². The Kier molecular flexibility index (Phi) is 2.85. The van der Waals surface area contributed by atoms with Crippen LogP contribution in [0.3, 0.4) is 0 Å². The lowest BCUT2D eigenvalue weighted by molar-refractivity contribution is 0.0688. The number of aromatic nitrogens is 2. The predicted octanol–water partition coefficient (Wildman–Crippen LogP) is 2.26. The lowest BCUT2D eigenvalue weighted by Crippen LogP contribution is -2.30. The SMILES string of the molecule is Cc1cc(C(=O)N2CCC[C@H]2c2cc(C)on2)on1. The summed E-state index contributed by atoms with van der Waals surface area (Å²) >= 11 is 0. The Morgan fingerprint density at radius 1 is 1.32 bits per heavy atom. The Balaban J connectivity index is 1.85. The van der Waals surface area contributed by atoms with Gasteiger partial charge in [0.1, 0.15) is 11.5 Å². The third kappa shape index (κ3) is 2.14. The molecule has 0 aliphatic carbocycles. The first-order valence-corrected chi connectivity index (χ1v) is 6.32. The van der Waals surface area contributed by atoms with Crippen molar-refractivity contribution >= 4 is 5.91 Å². The van der Waals surface area contributed by atoms with E-state index in [-0.39, 0.29) is 17.7 Å². The molecule has 1 fully saturated rings. The number of carbonyl (C=O) groups excluding carboxylic acids is 1. The molecule has 0 N–H and O–H groups in total. The molecule has 19 heavy (non-hydrogen) atoms. The molecule has 0 bridgehead atoms. The van der Waals surface area contributed by atoms with E-state index < -0.39 is 0 Å². The highest BCUT2D eigenvalue weighted by Crippen LogP contribution is 2.32. The second-order valence-electron chi connectivity index (χ2n) is 4.85. The lowest BCUT2D eigenvalue weighted by atomic mass is 10.1. The molecule has 1 aliphatic rings. The highest BCUT2D eigenvalue weighted by Gasteiger charge is 2.34. The van der Waals surface area contributed by atoms with Gasteiger partial charge in [-0.25, -0.2) is 0 Å². The number of rotatable bonds is 2. The Morgan fingerprint density at radius 2 is 2.16 bits per heavy atom. The third-order valence-electron chi connectivity index (χ3n) is 3.34. The summed E-state index contributed by atoms with van der Waals surface area (Å²) in [4.78, 5) is 14.2. The Hall–Kier alpha value is -2.11. The fourth-order valence-corrected chi connectivity index (χ4v) is 2.47. The molecule has 6 nitrogen and oxygen atoms in total. The Bertz CT molecular complexity index is 602. The van der Waals surface area contributed by atoms with E-state index in [0.29, 0.717) is 12.2 Å². The van der Waals surface area contributed by atoms with Crippen LogP contribution in [-0.2, 0) is 0 Å². The van der Waals surface area contributed by atoms with Crippen LogP contribution in [0.15, 0.2) is 21.2 Å². The maximum Gasteiger partial charge on any atom is 0.293 e. The average Bonchev–Trinajstić information content (AvgIpc) is 3.07. The standard InChI is InChI=1S/C13H15N3O3/c1-8-6-12(19-14-8)13(17)16-5-3-4-11(16)10-7-9(2)18-15-10/h6-7,11H,3-5H2,1-2H3/t11-/m0/s1. The van der Waals surface area contributed by atoms with Crippen LogP contribution >= 0.6 is 0 Å². The Labute approximate surface area is 110 Å². The molecule has 0 saturated carbocycles. The van der Waals surface area contributed by atoms with Crippen LogP contribution in [0.25, 0.3) is 0 Å². The van der Waals surface area contributed by atoms with E-state index in [1.165, 1.54) is 0 Å². The van der Waals surface area contributed by atoms with Gasteiger partial charge < -0.3 is 13.9 Å². The highest BCUT2D eigenvalue weighted by molar-refractivity contribution is 5.91. The first-order chi connectivity index (χ1) is 9.15. The first kappa shape index (κ1) is 12.0. The van der Waals surface area contributed by atoms with Crippen LogP contribution < -0.4 is 0 Å². The van der Waals surface area contributed by atoms with Crippen molar-refractivity contribution in [3.8, 4) is 0 Å². The minimum absolute atomic E-state index is 0.0321. The van der Waals surface area contributed by atoms with Crippen LogP contribution in [0, 0.1) is 13.8 Å². The van der Waals surface area contributed by atoms with Crippen molar-refractivity contribution in [2.24, 2.45) is 0 Å². The van der Waals surface area contributed by atoms with Gasteiger partial charge in [0.15, 0.2) is 0 Å². The first-order valence-electron chi connectivity index (χ1n) is 6.32. The lowest BCUT2D eigenvalue weighted by Gasteiger charge is -2.21. The van der Waals surface area contributed by atoms with Crippen molar-refractivity contribution in [3.63, 3.8) is 0 Å². The molecule has 3 rings (SSSR count). The fraction of sp³-hybridized carbons (Fsp3) is 0.462. The van der Waals surface area contributed by atoms with Gasteiger partial charge in [-0.15, -0.1) is 0 Å². The molecule has 1 aliphatic heterocycles. The highest BCUT2D eigenvalue weighted by atomic mass is 16.5. The molecule has 3 heterocycles. The van der Waals surface area contributed by atoms with Crippen LogP contribution in [-0.4, -0.2) is 27.7 Å². The summed E-state index contributed by atoms with van der Waals surface area (Å²) in [6.45, 7) is 4.34. The number of carbonyl (C=O) groups is 1. The third-order valence-corrected chi connectivity index (χ3v) is 3.34. The summed E-state index contributed by atoms with van der Waals surface area (Å²) in [5.74, 6) is 0.901. The maximum atomic E-state index is 12.4. The van der Waals surface area contributed by atoms with Crippen molar-refractivity contribution in [2.75, 3.05) is 6.54 Å². The van der Waals surface area contributed by atoms with E-state index in [4.69, 9.17) is 9.05 Å². The molecule has 0 unspecified atom stereocenters. The monoisotopic (exact) mass is 261 g/mol. The van der Waals surface area contributed by atoms with E-state index in [9.17, 15) is 4.79 Å². The van der Waals surface area contributed by atoms with Gasteiger partial charge in [0.2, 0.25) is 5.76 Å². The molecular formula is C13H15N3O3. The van der Waals surface area contributed by atoms with Gasteiger partial charge in [-0.3, -0.25) is 4.79 Å². The van der Waals surface area contributed by atoms with Gasteiger partial charge in [-0.2, -0.15) is 0 Å². The van der Waals surface area contributed by atoms with Crippen molar-refractivity contribution < 1.29 is 13.8 Å². The quantitative estimate of drug-likeness (QED) is 0.829. The molecule has 2 aromatic rings. The molecule has 2 aromatic heterocycles. The van der Waals surface area contributed by atoms with E-state index >= 15 is 0 Å². The summed E-state index contributed by atoms with van der Waals surface area (Å²) in [5, 5.41) is 7.77. The Morgan fingerprint density at radius 3 is 2.79 bits per heavy atom. The topological polar surface area (TPSA) is 72.4 Å². The smallest absolute Gasteiger partial charge is 0.293 e. The molecule has 100 valence electrons. The minimum Gasteiger partial charge on any atom is -0.361 e. The zero-order chi connectivity index (χ0) is 13.4. The molecule has 1 amide bonds. The van der Waals surface area contributed by atoms with Crippen molar-refractivity contribution in [2.45, 2.75) is 32.7 Å². The van der Waals surface area contributed by atoms with Gasteiger partial charge in [0.25, 0.3) is 5.91 Å². The number of likely N-dealkylation sites (tertiary alicyclic amines) is 1. The van der Waals surface area contributed by atoms with Crippen LogP contribution in [0.1, 0.15) is 46.6 Å². The molecule has 1 saturated heterocycles. The number of amides is 1. The molecule has 0 aromatic carbocycles. The second-order valence-corrected chi connectivity index (χ2v) is 4.85. The minimum atomic E-state index is -0.135. The van der Waals surface area contributed by atoms with E-state index in [2.05, 4.69) is 10.3 Å². The predicted molar refractivity (Wildman–Crippen MR) is 65.5 cm³/mol. The summed E-state index contributed by atoms with van der Waals surface area (Å²) in [7, 11) is 0. The number of nitrogens with zero attached hydrogens (tertiary/aromatic N) is 3. The van der Waals surface area contributed by atoms with Gasteiger partial charge >= 0.3 is 0 Å². The van der Waals surface area contributed by atoms with Gasteiger partial charge in [0.05, 0.1) is 11.7 Å². The van der Waals surface area contributed by atoms with Crippen molar-refractivity contribution in [1.29, 1.82) is 0 Å². The molecule has 0 spiro atoms. The largest absolute Gasteiger partial charge is 0.361 e. The summed E-state index contributed by atoms with van der Waals surface area (Å²) in [6.07, 6.45) is 1.85.